The minimum Gasteiger partial charge on any atom is -0.506 e. The number of ketones is 1. The molecule has 0 aliphatic rings. The molecule has 1 aromatic rings. The molecule has 14 heavy (non-hydrogen) atoms. The zero-order valence-electron chi connectivity index (χ0n) is 7.88. The van der Waals surface area contributed by atoms with Gasteiger partial charge in [0.2, 0.25) is 0 Å². The smallest absolute Gasteiger partial charge is 0.164 e. The zero-order valence-corrected chi connectivity index (χ0v) is 8.64. The first kappa shape index (κ1) is 11.0. The van der Waals surface area contributed by atoms with Crippen LogP contribution in [-0.2, 0) is 0 Å². The van der Waals surface area contributed by atoms with Gasteiger partial charge in [-0.05, 0) is 31.2 Å². The highest BCUT2D eigenvalue weighted by Gasteiger charge is 2.11. The van der Waals surface area contributed by atoms with Crippen LogP contribution >= 0.6 is 11.6 Å². The van der Waals surface area contributed by atoms with Crippen molar-refractivity contribution in [1.29, 1.82) is 0 Å². The summed E-state index contributed by atoms with van der Waals surface area (Å²) < 4.78 is 0. The van der Waals surface area contributed by atoms with Gasteiger partial charge in [-0.25, -0.2) is 0 Å². The number of phenols is 1. The van der Waals surface area contributed by atoms with Crippen molar-refractivity contribution < 1.29 is 9.90 Å². The molecule has 0 atom stereocenters. The lowest BCUT2D eigenvalue weighted by atomic mass is 10.0. The lowest BCUT2D eigenvalue weighted by molar-refractivity contribution is 0.0984. The number of rotatable bonds is 3. The second-order valence-corrected chi connectivity index (χ2v) is 3.49. The standard InChI is InChI=1S/C10H12ClNO2/c1-6-4-8(11)10(14)5-7(6)9(13)2-3-12/h4-5,14H,2-3,12H2,1H3. The van der Waals surface area contributed by atoms with Gasteiger partial charge in [-0.3, -0.25) is 4.79 Å². The molecule has 0 aliphatic heterocycles. The van der Waals surface area contributed by atoms with Gasteiger partial charge in [-0.15, -0.1) is 0 Å². The van der Waals surface area contributed by atoms with Crippen molar-refractivity contribution in [3.05, 3.63) is 28.3 Å². The SMILES string of the molecule is Cc1cc(Cl)c(O)cc1C(=O)CCN. The summed E-state index contributed by atoms with van der Waals surface area (Å²) in [5.74, 6) is -0.144. The van der Waals surface area contributed by atoms with E-state index in [1.54, 1.807) is 13.0 Å². The molecule has 0 saturated heterocycles. The van der Waals surface area contributed by atoms with Crippen molar-refractivity contribution in [1.82, 2.24) is 0 Å². The molecular formula is C10H12ClNO2. The predicted molar refractivity (Wildman–Crippen MR) is 55.9 cm³/mol. The molecule has 0 fully saturated rings. The van der Waals surface area contributed by atoms with Crippen LogP contribution in [-0.4, -0.2) is 17.4 Å². The molecule has 1 rings (SSSR count). The third kappa shape index (κ3) is 2.25. The van der Waals surface area contributed by atoms with Crippen LogP contribution in [0.15, 0.2) is 12.1 Å². The number of benzene rings is 1. The Hall–Kier alpha value is -1.06. The number of aromatic hydroxyl groups is 1. The summed E-state index contributed by atoms with van der Waals surface area (Å²) in [5.41, 5.74) is 6.51. The Morgan fingerprint density at radius 1 is 1.57 bits per heavy atom. The largest absolute Gasteiger partial charge is 0.506 e. The van der Waals surface area contributed by atoms with Crippen LogP contribution in [0.5, 0.6) is 5.75 Å². The lowest BCUT2D eigenvalue weighted by Gasteiger charge is -2.06. The molecule has 3 N–H and O–H groups in total. The van der Waals surface area contributed by atoms with E-state index >= 15 is 0 Å². The Labute approximate surface area is 87.5 Å². The molecule has 0 bridgehead atoms. The fourth-order valence-electron chi connectivity index (χ4n) is 1.23. The van der Waals surface area contributed by atoms with Gasteiger partial charge in [-0.1, -0.05) is 11.6 Å². The molecular weight excluding hydrogens is 202 g/mol. The Kier molecular flexibility index (Phi) is 3.49. The van der Waals surface area contributed by atoms with Gasteiger partial charge in [0.05, 0.1) is 5.02 Å². The molecule has 0 heterocycles. The van der Waals surface area contributed by atoms with Crippen LogP contribution < -0.4 is 5.73 Å². The Balaban J connectivity index is 3.09. The molecule has 3 nitrogen and oxygen atoms in total. The monoisotopic (exact) mass is 213 g/mol. The summed E-state index contributed by atoms with van der Waals surface area (Å²) in [7, 11) is 0. The number of phenolic OH excluding ortho intramolecular Hbond substituents is 1. The lowest BCUT2D eigenvalue weighted by Crippen LogP contribution is -2.09. The van der Waals surface area contributed by atoms with Crippen molar-refractivity contribution >= 4 is 17.4 Å². The first-order chi connectivity index (χ1) is 6.56. The summed E-state index contributed by atoms with van der Waals surface area (Å²) in [4.78, 5) is 11.5. The molecule has 0 aromatic heterocycles. The van der Waals surface area contributed by atoms with Gasteiger partial charge in [0.25, 0.3) is 0 Å². The molecule has 0 radical (unpaired) electrons. The number of carbonyl (C=O) groups is 1. The number of Topliss-reactive ketones (excluding diaryl/α,β-unsaturated/α-hetero) is 1. The second-order valence-electron chi connectivity index (χ2n) is 3.08. The first-order valence-electron chi connectivity index (χ1n) is 4.28. The van der Waals surface area contributed by atoms with Crippen molar-refractivity contribution in [3.63, 3.8) is 0 Å². The first-order valence-corrected chi connectivity index (χ1v) is 4.66. The quantitative estimate of drug-likeness (QED) is 0.754. The van der Waals surface area contributed by atoms with Crippen LogP contribution in [0.3, 0.4) is 0 Å². The van der Waals surface area contributed by atoms with Crippen LogP contribution in [0.25, 0.3) is 0 Å². The van der Waals surface area contributed by atoms with Gasteiger partial charge in [0.15, 0.2) is 5.78 Å². The fourth-order valence-corrected chi connectivity index (χ4v) is 1.45. The topological polar surface area (TPSA) is 63.3 Å². The molecule has 1 aromatic carbocycles. The van der Waals surface area contributed by atoms with Gasteiger partial charge < -0.3 is 10.8 Å². The highest BCUT2D eigenvalue weighted by Crippen LogP contribution is 2.27. The summed E-state index contributed by atoms with van der Waals surface area (Å²) in [5, 5.41) is 9.58. The molecule has 0 aliphatic carbocycles. The van der Waals surface area contributed by atoms with E-state index in [1.807, 2.05) is 0 Å². The summed E-state index contributed by atoms with van der Waals surface area (Å²) in [6.45, 7) is 2.08. The minimum atomic E-state index is -0.0723. The van der Waals surface area contributed by atoms with Crippen LogP contribution in [0.4, 0.5) is 0 Å². The Bertz CT molecular complexity index is 363. The number of halogens is 1. The predicted octanol–water partition coefficient (Wildman–Crippen LogP) is 1.89. The maximum atomic E-state index is 11.5. The Morgan fingerprint density at radius 3 is 2.79 bits per heavy atom. The summed E-state index contributed by atoms with van der Waals surface area (Å²) >= 11 is 5.68. The minimum absolute atomic E-state index is 0.0716. The van der Waals surface area contributed by atoms with E-state index in [1.165, 1.54) is 6.07 Å². The van der Waals surface area contributed by atoms with E-state index in [0.717, 1.165) is 5.56 Å². The van der Waals surface area contributed by atoms with Gasteiger partial charge >= 0.3 is 0 Å². The van der Waals surface area contributed by atoms with E-state index < -0.39 is 0 Å². The number of aryl methyl sites for hydroxylation is 1. The summed E-state index contributed by atoms with van der Waals surface area (Å²) in [6, 6.07) is 2.95. The highest BCUT2D eigenvalue weighted by atomic mass is 35.5. The van der Waals surface area contributed by atoms with Crippen LogP contribution in [0.2, 0.25) is 5.02 Å². The van der Waals surface area contributed by atoms with Crippen molar-refractivity contribution in [3.8, 4) is 5.75 Å². The number of hydrogen-bond acceptors (Lipinski definition) is 3. The summed E-state index contributed by atoms with van der Waals surface area (Å²) in [6.07, 6.45) is 0.280. The van der Waals surface area contributed by atoms with Crippen LogP contribution in [0, 0.1) is 6.92 Å². The van der Waals surface area contributed by atoms with Crippen molar-refractivity contribution in [2.24, 2.45) is 5.73 Å². The number of nitrogens with two attached hydrogens (primary N) is 1. The molecule has 4 heteroatoms. The highest BCUT2D eigenvalue weighted by molar-refractivity contribution is 6.32. The third-order valence-corrected chi connectivity index (χ3v) is 2.27. The van der Waals surface area contributed by atoms with E-state index in [9.17, 15) is 9.90 Å². The van der Waals surface area contributed by atoms with Gasteiger partial charge in [0.1, 0.15) is 5.75 Å². The average molecular weight is 214 g/mol. The van der Waals surface area contributed by atoms with Crippen molar-refractivity contribution in [2.45, 2.75) is 13.3 Å². The van der Waals surface area contributed by atoms with Crippen molar-refractivity contribution in [2.75, 3.05) is 6.54 Å². The molecule has 0 amide bonds. The molecule has 76 valence electrons. The second kappa shape index (κ2) is 4.44. The average Bonchev–Trinajstić information content (AvgIpc) is 2.11. The zero-order chi connectivity index (χ0) is 10.7. The molecule has 0 spiro atoms. The molecule has 0 unspecified atom stereocenters. The van der Waals surface area contributed by atoms with Gasteiger partial charge in [-0.2, -0.15) is 0 Å². The normalized spacial score (nSPS) is 10.2. The third-order valence-electron chi connectivity index (χ3n) is 1.97. The van der Waals surface area contributed by atoms with E-state index in [-0.39, 0.29) is 23.0 Å². The van der Waals surface area contributed by atoms with Crippen LogP contribution in [0.1, 0.15) is 22.3 Å². The maximum absolute atomic E-state index is 11.5. The number of hydrogen-bond donors (Lipinski definition) is 2. The fraction of sp³-hybridized carbons (Fsp3) is 0.300. The van der Waals surface area contributed by atoms with E-state index in [4.69, 9.17) is 17.3 Å². The molecule has 0 saturated carbocycles. The number of carbonyl (C=O) groups excluding carboxylic acids is 1. The van der Waals surface area contributed by atoms with E-state index in [0.29, 0.717) is 12.1 Å². The Morgan fingerprint density at radius 2 is 2.21 bits per heavy atom. The maximum Gasteiger partial charge on any atom is 0.164 e. The van der Waals surface area contributed by atoms with E-state index in [2.05, 4.69) is 0 Å². The van der Waals surface area contributed by atoms with Gasteiger partial charge in [0, 0.05) is 12.0 Å².